The van der Waals surface area contributed by atoms with E-state index in [1.807, 2.05) is 0 Å². The molecule has 5 nitrogen and oxygen atoms in total. The molecule has 1 fully saturated rings. The molecule has 0 aromatic carbocycles. The van der Waals surface area contributed by atoms with Gasteiger partial charge < -0.3 is 15.4 Å². The van der Waals surface area contributed by atoms with Crippen LogP contribution in [-0.4, -0.2) is 28.6 Å². The second-order valence-electron chi connectivity index (χ2n) is 4.13. The first-order chi connectivity index (χ1) is 7.65. The van der Waals surface area contributed by atoms with Crippen LogP contribution in [-0.2, 0) is 0 Å². The quantitative estimate of drug-likeness (QED) is 0.666. The van der Waals surface area contributed by atoms with Crippen molar-refractivity contribution in [2.75, 3.05) is 6.54 Å². The maximum atomic E-state index is 11.6. The van der Waals surface area contributed by atoms with Gasteiger partial charge in [0.15, 0.2) is 0 Å². The zero-order chi connectivity index (χ0) is 11.5. The summed E-state index contributed by atoms with van der Waals surface area (Å²) >= 11 is 0. The van der Waals surface area contributed by atoms with Crippen LogP contribution in [0.5, 0.6) is 0 Å². The Bertz CT molecular complexity index is 435. The predicted octanol–water partition coefficient (Wildman–Crippen LogP) is -0.124. The van der Waals surface area contributed by atoms with Gasteiger partial charge in [0.25, 0.3) is 5.91 Å². The van der Waals surface area contributed by atoms with Crippen LogP contribution in [0.4, 0.5) is 0 Å². The number of pyridine rings is 1. The van der Waals surface area contributed by atoms with E-state index in [-0.39, 0.29) is 23.3 Å². The summed E-state index contributed by atoms with van der Waals surface area (Å²) in [5, 5.41) is 11.8. The average Bonchev–Trinajstić information content (AvgIpc) is 2.22. The Balaban J connectivity index is 1.86. The molecule has 1 aromatic heterocycles. The van der Waals surface area contributed by atoms with Gasteiger partial charge in [0.2, 0.25) is 5.56 Å². The molecule has 0 saturated heterocycles. The standard InChI is InChI=1S/C11H14N2O3/c14-8-4-7(5-8)6-12-11(16)9-2-1-3-10(15)13-9/h1-3,7-8,14H,4-6H2,(H,12,16)(H,13,15). The van der Waals surface area contributed by atoms with Crippen LogP contribution in [0.15, 0.2) is 23.0 Å². The van der Waals surface area contributed by atoms with Crippen molar-refractivity contribution in [3.8, 4) is 0 Å². The third-order valence-corrected chi connectivity index (χ3v) is 2.78. The van der Waals surface area contributed by atoms with Crippen molar-refractivity contribution in [3.05, 3.63) is 34.2 Å². The van der Waals surface area contributed by atoms with Crippen molar-refractivity contribution in [1.82, 2.24) is 10.3 Å². The van der Waals surface area contributed by atoms with Crippen molar-refractivity contribution in [2.45, 2.75) is 18.9 Å². The van der Waals surface area contributed by atoms with Gasteiger partial charge in [-0.15, -0.1) is 0 Å². The molecule has 1 aromatic rings. The second kappa shape index (κ2) is 4.49. The Morgan fingerprint density at radius 1 is 1.50 bits per heavy atom. The van der Waals surface area contributed by atoms with E-state index >= 15 is 0 Å². The number of aromatic nitrogens is 1. The summed E-state index contributed by atoms with van der Waals surface area (Å²) in [6.07, 6.45) is 1.27. The van der Waals surface area contributed by atoms with E-state index in [1.54, 1.807) is 12.1 Å². The summed E-state index contributed by atoms with van der Waals surface area (Å²) in [6.45, 7) is 0.548. The third kappa shape index (κ3) is 2.49. The lowest BCUT2D eigenvalue weighted by Gasteiger charge is -2.31. The highest BCUT2D eigenvalue weighted by Crippen LogP contribution is 2.26. The highest BCUT2D eigenvalue weighted by molar-refractivity contribution is 5.92. The van der Waals surface area contributed by atoms with Crippen LogP contribution in [0.2, 0.25) is 0 Å². The number of H-pyrrole nitrogens is 1. The molecule has 3 N–H and O–H groups in total. The minimum absolute atomic E-state index is 0.210. The minimum atomic E-state index is -0.285. The summed E-state index contributed by atoms with van der Waals surface area (Å²) in [4.78, 5) is 25.0. The van der Waals surface area contributed by atoms with E-state index in [2.05, 4.69) is 10.3 Å². The van der Waals surface area contributed by atoms with E-state index in [1.165, 1.54) is 6.07 Å². The molecule has 0 spiro atoms. The van der Waals surface area contributed by atoms with E-state index in [0.717, 1.165) is 12.8 Å². The molecule has 1 aliphatic rings. The van der Waals surface area contributed by atoms with Gasteiger partial charge in [-0.05, 0) is 24.8 Å². The summed E-state index contributed by atoms with van der Waals surface area (Å²) in [6, 6.07) is 4.46. The normalized spacial score (nSPS) is 23.6. The number of hydrogen-bond donors (Lipinski definition) is 3. The molecular weight excluding hydrogens is 208 g/mol. The Morgan fingerprint density at radius 2 is 2.25 bits per heavy atom. The zero-order valence-electron chi connectivity index (χ0n) is 8.77. The Kier molecular flexibility index (Phi) is 3.05. The fourth-order valence-corrected chi connectivity index (χ4v) is 1.78. The molecule has 2 rings (SSSR count). The van der Waals surface area contributed by atoms with Crippen molar-refractivity contribution in [2.24, 2.45) is 5.92 Å². The lowest BCUT2D eigenvalue weighted by molar-refractivity contribution is 0.0419. The number of hydrogen-bond acceptors (Lipinski definition) is 3. The van der Waals surface area contributed by atoms with Crippen LogP contribution in [0.1, 0.15) is 23.3 Å². The van der Waals surface area contributed by atoms with Gasteiger partial charge in [0.1, 0.15) is 5.69 Å². The van der Waals surface area contributed by atoms with Gasteiger partial charge in [-0.1, -0.05) is 6.07 Å². The van der Waals surface area contributed by atoms with E-state index in [4.69, 9.17) is 5.11 Å². The van der Waals surface area contributed by atoms with Gasteiger partial charge in [0, 0.05) is 12.6 Å². The Hall–Kier alpha value is -1.62. The van der Waals surface area contributed by atoms with Crippen molar-refractivity contribution >= 4 is 5.91 Å². The molecule has 1 aliphatic carbocycles. The SMILES string of the molecule is O=C(NCC1CC(O)C1)c1cccc(=O)[nH]1. The number of nitrogens with one attached hydrogen (secondary N) is 2. The van der Waals surface area contributed by atoms with Gasteiger partial charge in [-0.25, -0.2) is 0 Å². The van der Waals surface area contributed by atoms with E-state index < -0.39 is 0 Å². The maximum Gasteiger partial charge on any atom is 0.267 e. The zero-order valence-corrected chi connectivity index (χ0v) is 8.77. The number of aliphatic hydroxyl groups is 1. The lowest BCUT2D eigenvalue weighted by Crippen LogP contribution is -2.38. The maximum absolute atomic E-state index is 11.6. The van der Waals surface area contributed by atoms with Crippen LogP contribution >= 0.6 is 0 Å². The molecule has 0 atom stereocenters. The second-order valence-corrected chi connectivity index (χ2v) is 4.13. The number of carbonyl (C=O) groups excluding carboxylic acids is 1. The molecule has 0 radical (unpaired) electrons. The fourth-order valence-electron chi connectivity index (χ4n) is 1.78. The van der Waals surface area contributed by atoms with E-state index in [0.29, 0.717) is 12.5 Å². The first-order valence-corrected chi connectivity index (χ1v) is 5.31. The molecule has 1 heterocycles. The molecule has 5 heteroatoms. The number of aliphatic hydroxyl groups excluding tert-OH is 1. The smallest absolute Gasteiger partial charge is 0.267 e. The molecule has 86 valence electrons. The predicted molar refractivity (Wildman–Crippen MR) is 58.1 cm³/mol. The highest BCUT2D eigenvalue weighted by Gasteiger charge is 2.27. The minimum Gasteiger partial charge on any atom is -0.393 e. The molecule has 0 unspecified atom stereocenters. The topological polar surface area (TPSA) is 82.2 Å². The molecule has 0 bridgehead atoms. The fraction of sp³-hybridized carbons (Fsp3) is 0.455. The van der Waals surface area contributed by atoms with Gasteiger partial charge in [-0.3, -0.25) is 9.59 Å². The van der Waals surface area contributed by atoms with Gasteiger partial charge >= 0.3 is 0 Å². The summed E-state index contributed by atoms with van der Waals surface area (Å²) < 4.78 is 0. The Labute approximate surface area is 92.5 Å². The molecule has 0 aliphatic heterocycles. The largest absolute Gasteiger partial charge is 0.393 e. The third-order valence-electron chi connectivity index (χ3n) is 2.78. The summed E-state index contributed by atoms with van der Waals surface area (Å²) in [7, 11) is 0. The summed E-state index contributed by atoms with van der Waals surface area (Å²) in [5.74, 6) is 0.0773. The molecule has 16 heavy (non-hydrogen) atoms. The number of rotatable bonds is 3. The van der Waals surface area contributed by atoms with Crippen LogP contribution in [0.3, 0.4) is 0 Å². The Morgan fingerprint density at radius 3 is 2.88 bits per heavy atom. The molecular formula is C11H14N2O3. The summed E-state index contributed by atoms with van der Waals surface area (Å²) in [5.41, 5.74) is -0.0147. The number of carbonyl (C=O) groups is 1. The van der Waals surface area contributed by atoms with Gasteiger partial charge in [0.05, 0.1) is 6.10 Å². The monoisotopic (exact) mass is 222 g/mol. The van der Waals surface area contributed by atoms with Crippen LogP contribution in [0, 0.1) is 5.92 Å². The van der Waals surface area contributed by atoms with E-state index in [9.17, 15) is 9.59 Å². The van der Waals surface area contributed by atoms with Crippen molar-refractivity contribution in [3.63, 3.8) is 0 Å². The molecule has 1 saturated carbocycles. The van der Waals surface area contributed by atoms with Crippen molar-refractivity contribution < 1.29 is 9.90 Å². The molecule has 1 amide bonds. The van der Waals surface area contributed by atoms with Crippen molar-refractivity contribution in [1.29, 1.82) is 0 Å². The van der Waals surface area contributed by atoms with Crippen LogP contribution < -0.4 is 10.9 Å². The number of amides is 1. The first-order valence-electron chi connectivity index (χ1n) is 5.31. The van der Waals surface area contributed by atoms with Gasteiger partial charge in [-0.2, -0.15) is 0 Å². The average molecular weight is 222 g/mol. The lowest BCUT2D eigenvalue weighted by atomic mass is 9.82. The highest BCUT2D eigenvalue weighted by atomic mass is 16.3. The van der Waals surface area contributed by atoms with Crippen LogP contribution in [0.25, 0.3) is 0 Å². The number of aromatic amines is 1. The first kappa shape index (κ1) is 10.9.